The zero-order chi connectivity index (χ0) is 37.1. The van der Waals surface area contributed by atoms with Crippen molar-refractivity contribution in [3.8, 4) is 0 Å². The van der Waals surface area contributed by atoms with Crippen LogP contribution in [0.15, 0.2) is 12.2 Å². The molecule has 0 aromatic heterocycles. The van der Waals surface area contributed by atoms with Crippen molar-refractivity contribution in [3.63, 3.8) is 0 Å². The monoisotopic (exact) mass is 741 g/mol. The molecule has 1 N–H and O–H groups in total. The number of allylic oxidation sites excluding steroid dienone is 2. The summed E-state index contributed by atoms with van der Waals surface area (Å²) in [6.45, 7) is 8.17. The summed E-state index contributed by atoms with van der Waals surface area (Å²) in [5.41, 5.74) is 0. The minimum absolute atomic E-state index is 0.0971. The number of aliphatic hydroxyl groups is 1. The van der Waals surface area contributed by atoms with Gasteiger partial charge in [-0.25, -0.2) is 0 Å². The molecule has 0 aliphatic heterocycles. The highest BCUT2D eigenvalue weighted by atomic mass is 31.2. The Bertz CT molecular complexity index is 676. The van der Waals surface area contributed by atoms with Crippen LogP contribution in [0.2, 0.25) is 0 Å². The lowest BCUT2D eigenvalue weighted by Crippen LogP contribution is -2.19. The third kappa shape index (κ3) is 42.3. The fraction of sp³-hybridized carbons (Fsp3) is 0.933. The van der Waals surface area contributed by atoms with Gasteiger partial charge in [0.2, 0.25) is 0 Å². The van der Waals surface area contributed by atoms with Crippen LogP contribution in [0.3, 0.4) is 0 Å². The number of rotatable bonds is 44. The molecule has 5 nitrogen and oxygen atoms in total. The molecule has 0 rings (SSSR count). The van der Waals surface area contributed by atoms with Crippen LogP contribution in [0.1, 0.15) is 245 Å². The third-order valence-electron chi connectivity index (χ3n) is 9.94. The van der Waals surface area contributed by atoms with Crippen LogP contribution in [0.4, 0.5) is 0 Å². The van der Waals surface area contributed by atoms with Crippen molar-refractivity contribution in [2.75, 3.05) is 19.8 Å². The Kier molecular flexibility index (Phi) is 43.8. The quantitative estimate of drug-likeness (QED) is 0.0383. The van der Waals surface area contributed by atoms with Gasteiger partial charge in [-0.3, -0.25) is 4.79 Å². The van der Waals surface area contributed by atoms with Crippen molar-refractivity contribution >= 4 is 14.4 Å². The Morgan fingerprint density at radius 3 is 1.20 bits per heavy atom. The van der Waals surface area contributed by atoms with Crippen molar-refractivity contribution in [2.45, 2.75) is 252 Å². The molecule has 0 bridgehead atoms. The second-order valence-electron chi connectivity index (χ2n) is 15.3. The lowest BCUT2D eigenvalue weighted by Gasteiger charge is -2.19. The fourth-order valence-corrected chi connectivity index (χ4v) is 7.61. The standard InChI is InChI=1S/C45H89O5P/c1-4-7-10-13-16-19-22-23-24-25-26-27-30-33-36-39-44(46)42-45(47)43-50-51(48-40-37-34-31-28-20-17-14-11-8-5-2)49-41-38-35-32-29-21-18-15-12-9-6-3/h23-24,45,47H,4-22,25-43H2,1-3H3. The molecule has 0 saturated carbocycles. The predicted octanol–water partition coefficient (Wildman–Crippen LogP) is 15.5. The molecule has 0 radical (unpaired) electrons. The van der Waals surface area contributed by atoms with E-state index in [9.17, 15) is 9.90 Å². The van der Waals surface area contributed by atoms with Gasteiger partial charge in [-0.1, -0.05) is 200 Å². The van der Waals surface area contributed by atoms with Gasteiger partial charge < -0.3 is 18.7 Å². The fourth-order valence-electron chi connectivity index (χ4n) is 6.53. The number of unbranched alkanes of at least 4 members (excludes halogenated alkanes) is 29. The van der Waals surface area contributed by atoms with E-state index in [1.165, 1.54) is 186 Å². The lowest BCUT2D eigenvalue weighted by atomic mass is 10.0. The molecule has 0 aromatic carbocycles. The smallest absolute Gasteiger partial charge is 0.332 e. The Hall–Kier alpha value is -0.320. The zero-order valence-corrected chi connectivity index (χ0v) is 35.5. The largest absolute Gasteiger partial charge is 0.390 e. The molecule has 51 heavy (non-hydrogen) atoms. The van der Waals surface area contributed by atoms with Gasteiger partial charge in [0.1, 0.15) is 5.78 Å². The molecular weight excluding hydrogens is 651 g/mol. The normalized spacial score (nSPS) is 12.5. The Balaban J connectivity index is 4.11. The van der Waals surface area contributed by atoms with Crippen molar-refractivity contribution in [3.05, 3.63) is 12.2 Å². The third-order valence-corrected chi connectivity index (χ3v) is 11.1. The first-order valence-corrected chi connectivity index (χ1v) is 23.8. The van der Waals surface area contributed by atoms with Crippen molar-refractivity contribution in [2.24, 2.45) is 0 Å². The van der Waals surface area contributed by atoms with E-state index in [2.05, 4.69) is 32.9 Å². The van der Waals surface area contributed by atoms with Gasteiger partial charge in [-0.2, -0.15) is 0 Å². The highest BCUT2D eigenvalue weighted by Crippen LogP contribution is 2.40. The second kappa shape index (κ2) is 44.1. The Morgan fingerprint density at radius 1 is 0.471 bits per heavy atom. The minimum atomic E-state index is -1.50. The molecule has 0 saturated heterocycles. The van der Waals surface area contributed by atoms with E-state index in [1.807, 2.05) is 0 Å². The first-order chi connectivity index (χ1) is 25.1. The van der Waals surface area contributed by atoms with E-state index in [0.29, 0.717) is 19.6 Å². The zero-order valence-electron chi connectivity index (χ0n) is 34.6. The molecule has 6 heteroatoms. The van der Waals surface area contributed by atoms with Crippen molar-refractivity contribution in [1.29, 1.82) is 0 Å². The summed E-state index contributed by atoms with van der Waals surface area (Å²) in [5, 5.41) is 10.6. The van der Waals surface area contributed by atoms with E-state index >= 15 is 0 Å². The molecule has 0 fully saturated rings. The predicted molar refractivity (Wildman–Crippen MR) is 224 cm³/mol. The van der Waals surface area contributed by atoms with Crippen LogP contribution in [0, 0.1) is 0 Å². The number of aliphatic hydroxyl groups excluding tert-OH is 1. The molecule has 0 aromatic rings. The summed E-state index contributed by atoms with van der Waals surface area (Å²) in [6, 6.07) is 0. The molecule has 0 aliphatic carbocycles. The summed E-state index contributed by atoms with van der Waals surface area (Å²) in [7, 11) is -1.50. The van der Waals surface area contributed by atoms with Crippen LogP contribution in [0.25, 0.3) is 0 Å². The van der Waals surface area contributed by atoms with Crippen molar-refractivity contribution < 1.29 is 23.5 Å². The Morgan fingerprint density at radius 2 is 0.804 bits per heavy atom. The number of carbonyl (C=O) groups is 1. The van der Waals surface area contributed by atoms with E-state index in [0.717, 1.165) is 25.7 Å². The molecular formula is C45H89O5P. The van der Waals surface area contributed by atoms with Crippen LogP contribution in [0.5, 0.6) is 0 Å². The van der Waals surface area contributed by atoms with E-state index < -0.39 is 14.7 Å². The number of carbonyl (C=O) groups excluding carboxylic acids is 1. The SMILES string of the molecule is CCCCCCCCC=CCCCCCCCC(=O)CC(O)COP(OCCCCCCCCCCCC)OCCCCCCCCCCCC. The molecule has 0 heterocycles. The molecule has 0 amide bonds. The number of hydrogen-bond donors (Lipinski definition) is 1. The van der Waals surface area contributed by atoms with Gasteiger partial charge >= 0.3 is 8.60 Å². The highest BCUT2D eigenvalue weighted by molar-refractivity contribution is 7.41. The van der Waals surface area contributed by atoms with Crippen LogP contribution in [-0.2, 0) is 18.4 Å². The molecule has 304 valence electrons. The summed E-state index contributed by atoms with van der Waals surface area (Å²) in [4.78, 5) is 12.5. The lowest BCUT2D eigenvalue weighted by molar-refractivity contribution is -0.121. The highest BCUT2D eigenvalue weighted by Gasteiger charge is 2.17. The maximum atomic E-state index is 12.5. The summed E-state index contributed by atoms with van der Waals surface area (Å²) >= 11 is 0. The first kappa shape index (κ1) is 50.7. The maximum absolute atomic E-state index is 12.5. The summed E-state index contributed by atoms with van der Waals surface area (Å²) in [5.74, 6) is 0.130. The average molecular weight is 741 g/mol. The van der Waals surface area contributed by atoms with Crippen LogP contribution < -0.4 is 0 Å². The minimum Gasteiger partial charge on any atom is -0.390 e. The van der Waals surface area contributed by atoms with E-state index in [4.69, 9.17) is 13.6 Å². The van der Waals surface area contributed by atoms with Gasteiger partial charge in [-0.05, 0) is 44.9 Å². The molecule has 0 spiro atoms. The Labute approximate surface area is 320 Å². The van der Waals surface area contributed by atoms with Crippen molar-refractivity contribution in [1.82, 2.24) is 0 Å². The topological polar surface area (TPSA) is 65.0 Å². The van der Waals surface area contributed by atoms with Gasteiger partial charge in [0.25, 0.3) is 0 Å². The average Bonchev–Trinajstić information content (AvgIpc) is 3.13. The summed E-state index contributed by atoms with van der Waals surface area (Å²) in [6.07, 6.45) is 46.7. The number of ketones is 1. The van der Waals surface area contributed by atoms with Gasteiger partial charge in [0.05, 0.1) is 25.9 Å². The molecule has 0 aliphatic rings. The molecule has 1 unspecified atom stereocenters. The molecule has 1 atom stereocenters. The van der Waals surface area contributed by atoms with Crippen LogP contribution in [-0.4, -0.2) is 36.8 Å². The van der Waals surface area contributed by atoms with Gasteiger partial charge in [0, 0.05) is 12.8 Å². The van der Waals surface area contributed by atoms with Gasteiger partial charge in [-0.15, -0.1) is 0 Å². The first-order valence-electron chi connectivity index (χ1n) is 22.7. The van der Waals surface area contributed by atoms with E-state index in [-0.39, 0.29) is 18.8 Å². The maximum Gasteiger partial charge on any atom is 0.332 e. The van der Waals surface area contributed by atoms with Gasteiger partial charge in [0.15, 0.2) is 0 Å². The summed E-state index contributed by atoms with van der Waals surface area (Å²) < 4.78 is 18.0. The van der Waals surface area contributed by atoms with E-state index in [1.54, 1.807) is 0 Å². The number of Topliss-reactive ketones (excluding diaryl/α,β-unsaturated/α-hetero) is 1. The number of hydrogen-bond acceptors (Lipinski definition) is 5. The second-order valence-corrected chi connectivity index (χ2v) is 16.5. The van der Waals surface area contributed by atoms with Crippen LogP contribution >= 0.6 is 8.60 Å².